The number of carbonyl (C=O) groups is 1. The van der Waals surface area contributed by atoms with Gasteiger partial charge in [-0.25, -0.2) is 4.98 Å². The van der Waals surface area contributed by atoms with E-state index < -0.39 is 0 Å². The van der Waals surface area contributed by atoms with Gasteiger partial charge < -0.3 is 14.2 Å². The lowest BCUT2D eigenvalue weighted by atomic mass is 10.0. The highest BCUT2D eigenvalue weighted by atomic mass is 16.5. The molecule has 0 saturated carbocycles. The van der Waals surface area contributed by atoms with Gasteiger partial charge >= 0.3 is 0 Å². The molecule has 1 saturated heterocycles. The van der Waals surface area contributed by atoms with Gasteiger partial charge in [0, 0.05) is 25.0 Å². The van der Waals surface area contributed by atoms with Crippen LogP contribution < -0.4 is 0 Å². The summed E-state index contributed by atoms with van der Waals surface area (Å²) < 4.78 is 11.2. The summed E-state index contributed by atoms with van der Waals surface area (Å²) in [7, 11) is 0. The SMILES string of the molecule is Cc1noc2nc(C(C)C)cc(C(=O)N(Cc3ccccn3)C[C@H]3CCCO3)c12. The van der Waals surface area contributed by atoms with Gasteiger partial charge in [-0.15, -0.1) is 0 Å². The maximum absolute atomic E-state index is 13.7. The molecule has 4 heterocycles. The lowest BCUT2D eigenvalue weighted by Gasteiger charge is -2.26. The summed E-state index contributed by atoms with van der Waals surface area (Å²) in [5.74, 6) is 0.0884. The number of ether oxygens (including phenoxy) is 1. The summed E-state index contributed by atoms with van der Waals surface area (Å²) in [6, 6.07) is 7.61. The van der Waals surface area contributed by atoms with Crippen LogP contribution in [0, 0.1) is 6.92 Å². The second kappa shape index (κ2) is 8.29. The number of hydrogen-bond donors (Lipinski definition) is 0. The highest BCUT2D eigenvalue weighted by Crippen LogP contribution is 2.27. The molecule has 1 aliphatic heterocycles. The molecule has 0 aromatic carbocycles. The van der Waals surface area contributed by atoms with Gasteiger partial charge in [0.2, 0.25) is 0 Å². The van der Waals surface area contributed by atoms with Crippen LogP contribution in [0.15, 0.2) is 35.0 Å². The van der Waals surface area contributed by atoms with Crippen molar-refractivity contribution in [1.82, 2.24) is 20.0 Å². The maximum atomic E-state index is 13.7. The molecule has 0 N–H and O–H groups in total. The smallest absolute Gasteiger partial charge is 0.259 e. The van der Waals surface area contributed by atoms with E-state index in [9.17, 15) is 4.79 Å². The molecule has 29 heavy (non-hydrogen) atoms. The number of hydrogen-bond acceptors (Lipinski definition) is 6. The Morgan fingerprint density at radius 1 is 1.34 bits per heavy atom. The number of fused-ring (bicyclic) bond motifs is 1. The summed E-state index contributed by atoms with van der Waals surface area (Å²) in [5, 5.41) is 4.72. The Hall–Kier alpha value is -2.80. The van der Waals surface area contributed by atoms with Crippen LogP contribution in [-0.2, 0) is 11.3 Å². The minimum atomic E-state index is -0.0771. The zero-order valence-electron chi connectivity index (χ0n) is 17.1. The largest absolute Gasteiger partial charge is 0.376 e. The van der Waals surface area contributed by atoms with Crippen LogP contribution in [0.4, 0.5) is 0 Å². The summed E-state index contributed by atoms with van der Waals surface area (Å²) in [6.45, 7) is 7.62. The minimum absolute atomic E-state index is 0.0492. The monoisotopic (exact) mass is 394 g/mol. The fourth-order valence-corrected chi connectivity index (χ4v) is 3.69. The van der Waals surface area contributed by atoms with E-state index in [4.69, 9.17) is 9.26 Å². The number of nitrogens with zero attached hydrogens (tertiary/aromatic N) is 4. The molecule has 1 atom stereocenters. The first kappa shape index (κ1) is 19.5. The molecule has 0 unspecified atom stereocenters. The van der Waals surface area contributed by atoms with Gasteiger partial charge in [-0.2, -0.15) is 0 Å². The van der Waals surface area contributed by atoms with Crippen molar-refractivity contribution in [3.63, 3.8) is 0 Å². The standard InChI is InChI=1S/C22H26N4O3/c1-14(2)19-11-18(20-15(3)25-29-21(20)24-19)22(27)26(13-17-8-6-10-28-17)12-16-7-4-5-9-23-16/h4-5,7,9,11,14,17H,6,8,10,12-13H2,1-3H3/t17-/m1/s1. The lowest BCUT2D eigenvalue weighted by Crippen LogP contribution is -2.37. The third-order valence-electron chi connectivity index (χ3n) is 5.27. The molecule has 3 aromatic heterocycles. The fourth-order valence-electron chi connectivity index (χ4n) is 3.69. The van der Waals surface area contributed by atoms with E-state index in [0.29, 0.717) is 35.4 Å². The fraction of sp³-hybridized carbons (Fsp3) is 0.455. The number of amides is 1. The first-order valence-corrected chi connectivity index (χ1v) is 10.1. The number of aryl methyl sites for hydroxylation is 1. The minimum Gasteiger partial charge on any atom is -0.376 e. The van der Waals surface area contributed by atoms with Crippen molar-refractivity contribution in [3.05, 3.63) is 53.1 Å². The Morgan fingerprint density at radius 2 is 2.21 bits per heavy atom. The van der Waals surface area contributed by atoms with E-state index >= 15 is 0 Å². The first-order chi connectivity index (χ1) is 14.0. The molecule has 0 aliphatic carbocycles. The third-order valence-corrected chi connectivity index (χ3v) is 5.27. The summed E-state index contributed by atoms with van der Waals surface area (Å²) in [5.41, 5.74) is 3.31. The van der Waals surface area contributed by atoms with Crippen molar-refractivity contribution in [3.8, 4) is 0 Å². The van der Waals surface area contributed by atoms with Crippen molar-refractivity contribution in [2.75, 3.05) is 13.2 Å². The number of aromatic nitrogens is 3. The van der Waals surface area contributed by atoms with Gasteiger partial charge in [-0.1, -0.05) is 25.1 Å². The molecule has 152 valence electrons. The Kier molecular flexibility index (Phi) is 5.58. The second-order valence-electron chi connectivity index (χ2n) is 7.84. The summed E-state index contributed by atoms with van der Waals surface area (Å²) in [4.78, 5) is 24.5. The van der Waals surface area contributed by atoms with Crippen molar-refractivity contribution in [2.45, 2.75) is 52.2 Å². The zero-order valence-corrected chi connectivity index (χ0v) is 17.1. The predicted molar refractivity (Wildman–Crippen MR) is 109 cm³/mol. The van der Waals surface area contributed by atoms with Crippen molar-refractivity contribution < 1.29 is 14.1 Å². The van der Waals surface area contributed by atoms with Gasteiger partial charge in [0.05, 0.1) is 35.0 Å². The van der Waals surface area contributed by atoms with Crippen LogP contribution in [-0.4, -0.2) is 45.2 Å². The summed E-state index contributed by atoms with van der Waals surface area (Å²) >= 11 is 0. The van der Waals surface area contributed by atoms with Gasteiger partial charge in [0.25, 0.3) is 11.6 Å². The predicted octanol–water partition coefficient (Wildman–Crippen LogP) is 3.87. The second-order valence-corrected chi connectivity index (χ2v) is 7.84. The van der Waals surface area contributed by atoms with Gasteiger partial charge in [0.15, 0.2) is 0 Å². The van der Waals surface area contributed by atoms with E-state index in [1.807, 2.05) is 49.9 Å². The normalized spacial score (nSPS) is 16.6. The van der Waals surface area contributed by atoms with Crippen LogP contribution >= 0.6 is 0 Å². The van der Waals surface area contributed by atoms with E-state index in [1.165, 1.54) is 0 Å². The Bertz CT molecular complexity index is 994. The van der Waals surface area contributed by atoms with Crippen LogP contribution in [0.25, 0.3) is 11.1 Å². The molecule has 1 amide bonds. The number of carbonyl (C=O) groups excluding carboxylic acids is 1. The quantitative estimate of drug-likeness (QED) is 0.631. The average Bonchev–Trinajstić information content (AvgIpc) is 3.37. The van der Waals surface area contributed by atoms with E-state index in [-0.39, 0.29) is 17.9 Å². The molecule has 0 radical (unpaired) electrons. The molecular formula is C22H26N4O3. The molecule has 1 fully saturated rings. The van der Waals surface area contributed by atoms with Gasteiger partial charge in [-0.3, -0.25) is 9.78 Å². The molecular weight excluding hydrogens is 368 g/mol. The molecule has 4 rings (SSSR count). The Morgan fingerprint density at radius 3 is 2.90 bits per heavy atom. The van der Waals surface area contributed by atoms with Gasteiger partial charge in [0.1, 0.15) is 0 Å². The van der Waals surface area contributed by atoms with Crippen LogP contribution in [0.3, 0.4) is 0 Å². The van der Waals surface area contributed by atoms with E-state index in [0.717, 1.165) is 30.8 Å². The average molecular weight is 394 g/mol. The Labute approximate surface area is 170 Å². The van der Waals surface area contributed by atoms with E-state index in [2.05, 4.69) is 15.1 Å². The molecule has 0 bridgehead atoms. The maximum Gasteiger partial charge on any atom is 0.259 e. The van der Waals surface area contributed by atoms with Crippen LogP contribution in [0.5, 0.6) is 0 Å². The number of pyridine rings is 2. The van der Waals surface area contributed by atoms with Crippen LogP contribution in [0.2, 0.25) is 0 Å². The van der Waals surface area contributed by atoms with E-state index in [1.54, 1.807) is 6.20 Å². The molecule has 1 aliphatic rings. The van der Waals surface area contributed by atoms with Crippen molar-refractivity contribution in [1.29, 1.82) is 0 Å². The first-order valence-electron chi connectivity index (χ1n) is 10.1. The zero-order chi connectivity index (χ0) is 20.4. The summed E-state index contributed by atoms with van der Waals surface area (Å²) in [6.07, 6.45) is 3.78. The highest BCUT2D eigenvalue weighted by Gasteiger charge is 2.27. The van der Waals surface area contributed by atoms with Gasteiger partial charge in [-0.05, 0) is 43.9 Å². The van der Waals surface area contributed by atoms with Crippen molar-refractivity contribution >= 4 is 17.0 Å². The van der Waals surface area contributed by atoms with Crippen molar-refractivity contribution in [2.24, 2.45) is 0 Å². The number of rotatable bonds is 6. The molecule has 7 heteroatoms. The highest BCUT2D eigenvalue weighted by molar-refractivity contribution is 6.06. The molecule has 3 aromatic rings. The third kappa shape index (κ3) is 4.15. The van der Waals surface area contributed by atoms with Crippen LogP contribution in [0.1, 0.15) is 60.0 Å². The Balaban J connectivity index is 1.73. The topological polar surface area (TPSA) is 81.4 Å². The molecule has 0 spiro atoms. The lowest BCUT2D eigenvalue weighted by molar-refractivity contribution is 0.0505. The molecule has 7 nitrogen and oxygen atoms in total.